The molecular formula is C16H21N7O4S2. The van der Waals surface area contributed by atoms with E-state index in [2.05, 4.69) is 25.3 Å². The first-order valence-electron chi connectivity index (χ1n) is 8.63. The average molecular weight is 440 g/mol. The Morgan fingerprint density at radius 1 is 0.966 bits per heavy atom. The van der Waals surface area contributed by atoms with Crippen LogP contribution < -0.4 is 15.2 Å². The molecule has 13 heteroatoms. The summed E-state index contributed by atoms with van der Waals surface area (Å²) < 4.78 is 48.9. The Balaban J connectivity index is 1.61. The number of aromatic nitrogens is 4. The van der Waals surface area contributed by atoms with Crippen LogP contribution >= 0.6 is 0 Å². The van der Waals surface area contributed by atoms with Crippen LogP contribution in [0.3, 0.4) is 0 Å². The average Bonchev–Trinajstić information content (AvgIpc) is 3.03. The highest BCUT2D eigenvalue weighted by atomic mass is 32.2. The quantitative estimate of drug-likeness (QED) is 0.403. The van der Waals surface area contributed by atoms with Crippen molar-refractivity contribution in [2.75, 3.05) is 24.7 Å². The van der Waals surface area contributed by atoms with Gasteiger partial charge in [0, 0.05) is 19.5 Å². The molecule has 11 nitrogen and oxygen atoms in total. The molecule has 0 saturated carbocycles. The minimum Gasteiger partial charge on any atom is -0.368 e. The lowest BCUT2D eigenvalue weighted by Crippen LogP contribution is -2.25. The summed E-state index contributed by atoms with van der Waals surface area (Å²) in [7, 11) is -6.96. The molecule has 0 radical (unpaired) electrons. The number of anilines is 1. The summed E-state index contributed by atoms with van der Waals surface area (Å²) in [5, 5.41) is 20.8. The second kappa shape index (κ2) is 8.41. The van der Waals surface area contributed by atoms with E-state index in [0.29, 0.717) is 36.7 Å². The molecule has 1 aromatic carbocycles. The van der Waals surface area contributed by atoms with Gasteiger partial charge in [-0.05, 0) is 36.2 Å². The van der Waals surface area contributed by atoms with Gasteiger partial charge in [-0.15, -0.1) is 15.3 Å². The molecule has 156 valence electrons. The molecule has 29 heavy (non-hydrogen) atoms. The van der Waals surface area contributed by atoms with Gasteiger partial charge in [-0.2, -0.15) is 4.52 Å². The van der Waals surface area contributed by atoms with Crippen molar-refractivity contribution in [3.63, 3.8) is 0 Å². The monoisotopic (exact) mass is 439 g/mol. The third-order valence-corrected chi connectivity index (χ3v) is 5.67. The first kappa shape index (κ1) is 21.1. The van der Waals surface area contributed by atoms with E-state index in [4.69, 9.17) is 5.14 Å². The third-order valence-electron chi connectivity index (χ3n) is 4.01. The number of nitrogens with zero attached hydrogens (tertiary/aromatic N) is 4. The highest BCUT2D eigenvalue weighted by Crippen LogP contribution is 2.11. The van der Waals surface area contributed by atoms with Crippen LogP contribution in [0, 0.1) is 0 Å². The fourth-order valence-electron chi connectivity index (χ4n) is 2.61. The molecular weight excluding hydrogens is 418 g/mol. The Labute approximate surface area is 168 Å². The molecule has 2 heterocycles. The van der Waals surface area contributed by atoms with Gasteiger partial charge in [-0.3, -0.25) is 0 Å². The van der Waals surface area contributed by atoms with Crippen LogP contribution in [0.4, 0.5) is 5.82 Å². The van der Waals surface area contributed by atoms with Crippen molar-refractivity contribution in [2.45, 2.75) is 17.7 Å². The first-order chi connectivity index (χ1) is 13.6. The third kappa shape index (κ3) is 5.93. The summed E-state index contributed by atoms with van der Waals surface area (Å²) in [5.41, 5.74) is 1.51. The highest BCUT2D eigenvalue weighted by molar-refractivity contribution is 7.89. The van der Waals surface area contributed by atoms with Gasteiger partial charge >= 0.3 is 0 Å². The fraction of sp³-hybridized carbons (Fsp3) is 0.312. The summed E-state index contributed by atoms with van der Waals surface area (Å²) in [6.45, 7) is 0.772. The van der Waals surface area contributed by atoms with Gasteiger partial charge in [0.2, 0.25) is 20.0 Å². The van der Waals surface area contributed by atoms with Crippen LogP contribution in [0.25, 0.3) is 5.65 Å². The molecule has 0 fully saturated rings. The van der Waals surface area contributed by atoms with E-state index in [1.807, 2.05) is 0 Å². The second-order valence-electron chi connectivity index (χ2n) is 6.39. The summed E-state index contributed by atoms with van der Waals surface area (Å²) in [6.07, 6.45) is 2.09. The van der Waals surface area contributed by atoms with Crippen molar-refractivity contribution < 1.29 is 16.8 Å². The number of benzene rings is 1. The van der Waals surface area contributed by atoms with Gasteiger partial charge in [0.1, 0.15) is 5.82 Å². The van der Waals surface area contributed by atoms with Gasteiger partial charge in [0.25, 0.3) is 0 Å². The summed E-state index contributed by atoms with van der Waals surface area (Å²) in [5.74, 6) is 1.15. The molecule has 0 aliphatic rings. The van der Waals surface area contributed by atoms with Gasteiger partial charge in [0.15, 0.2) is 11.5 Å². The maximum absolute atomic E-state index is 11.3. The molecule has 0 unspecified atom stereocenters. The molecule has 3 aromatic rings. The first-order valence-corrected chi connectivity index (χ1v) is 12.1. The molecule has 4 N–H and O–H groups in total. The molecule has 0 saturated heterocycles. The van der Waals surface area contributed by atoms with Crippen LogP contribution in [0.2, 0.25) is 0 Å². The molecule has 0 aliphatic heterocycles. The van der Waals surface area contributed by atoms with Crippen molar-refractivity contribution in [1.82, 2.24) is 24.5 Å². The van der Waals surface area contributed by atoms with E-state index < -0.39 is 20.0 Å². The lowest BCUT2D eigenvalue weighted by molar-refractivity contribution is 0.586. The van der Waals surface area contributed by atoms with Crippen molar-refractivity contribution in [1.29, 1.82) is 0 Å². The Morgan fingerprint density at radius 3 is 2.34 bits per heavy atom. The number of sulfonamides is 2. The Morgan fingerprint density at radius 2 is 1.69 bits per heavy atom. The number of fused-ring (bicyclic) bond motifs is 1. The Hall–Kier alpha value is -2.61. The van der Waals surface area contributed by atoms with Crippen LogP contribution in [0.5, 0.6) is 0 Å². The zero-order valence-corrected chi connectivity index (χ0v) is 17.2. The summed E-state index contributed by atoms with van der Waals surface area (Å²) >= 11 is 0. The van der Waals surface area contributed by atoms with Crippen LogP contribution in [0.15, 0.2) is 41.3 Å². The maximum atomic E-state index is 11.3. The molecule has 3 rings (SSSR count). The number of hydrogen-bond donors (Lipinski definition) is 3. The predicted molar refractivity (Wildman–Crippen MR) is 107 cm³/mol. The molecule has 0 spiro atoms. The van der Waals surface area contributed by atoms with E-state index in [9.17, 15) is 16.8 Å². The second-order valence-corrected chi connectivity index (χ2v) is 9.78. The smallest absolute Gasteiger partial charge is 0.238 e. The number of hydrogen-bond acceptors (Lipinski definition) is 8. The SMILES string of the molecule is CS(=O)(=O)NCCc1nnc2ccc(NCCc3ccc(S(N)(=O)=O)cc3)nn12. The summed E-state index contributed by atoms with van der Waals surface area (Å²) in [6, 6.07) is 9.91. The zero-order chi connectivity index (χ0) is 21.1. The van der Waals surface area contributed by atoms with E-state index in [1.165, 1.54) is 12.1 Å². The number of primary sulfonamides is 1. The van der Waals surface area contributed by atoms with Crippen molar-refractivity contribution in [3.8, 4) is 0 Å². The molecule has 2 aromatic heterocycles. The minimum absolute atomic E-state index is 0.0758. The van der Waals surface area contributed by atoms with E-state index in [1.54, 1.807) is 28.8 Å². The zero-order valence-electron chi connectivity index (χ0n) is 15.6. The number of nitrogens with one attached hydrogen (secondary N) is 2. The number of nitrogens with two attached hydrogens (primary N) is 1. The van der Waals surface area contributed by atoms with Crippen molar-refractivity contribution in [2.24, 2.45) is 5.14 Å². The molecule has 0 amide bonds. The molecule has 0 bridgehead atoms. The fourth-order valence-corrected chi connectivity index (χ4v) is 3.60. The lowest BCUT2D eigenvalue weighted by Gasteiger charge is -2.07. The van der Waals surface area contributed by atoms with Gasteiger partial charge in [-0.25, -0.2) is 26.7 Å². The largest absolute Gasteiger partial charge is 0.368 e. The van der Waals surface area contributed by atoms with E-state index >= 15 is 0 Å². The lowest BCUT2D eigenvalue weighted by atomic mass is 10.1. The van der Waals surface area contributed by atoms with E-state index in [-0.39, 0.29) is 11.4 Å². The molecule has 0 atom stereocenters. The predicted octanol–water partition coefficient (Wildman–Crippen LogP) is -0.482. The summed E-state index contributed by atoms with van der Waals surface area (Å²) in [4.78, 5) is 0.0758. The van der Waals surface area contributed by atoms with Crippen LogP contribution in [-0.2, 0) is 32.9 Å². The van der Waals surface area contributed by atoms with Gasteiger partial charge in [0.05, 0.1) is 11.2 Å². The Kier molecular flexibility index (Phi) is 6.12. The Bertz CT molecular complexity index is 1210. The van der Waals surface area contributed by atoms with Gasteiger partial charge in [-0.1, -0.05) is 12.1 Å². The minimum atomic E-state index is -3.70. The van der Waals surface area contributed by atoms with Crippen molar-refractivity contribution in [3.05, 3.63) is 47.8 Å². The standard InChI is InChI=1S/C16H21N7O4S2/c1-28(24,25)19-11-9-16-21-20-15-7-6-14(22-23(15)16)18-10-8-12-2-4-13(5-3-12)29(17,26)27/h2-7,19H,8-11H2,1H3,(H,18,22)(H2,17,26,27). The number of rotatable bonds is 9. The maximum Gasteiger partial charge on any atom is 0.238 e. The molecule has 0 aliphatic carbocycles. The van der Waals surface area contributed by atoms with Crippen molar-refractivity contribution >= 4 is 31.5 Å². The van der Waals surface area contributed by atoms with E-state index in [0.717, 1.165) is 11.8 Å². The van der Waals surface area contributed by atoms with Gasteiger partial charge < -0.3 is 5.32 Å². The highest BCUT2D eigenvalue weighted by Gasteiger charge is 2.09. The topological polar surface area (TPSA) is 161 Å². The van der Waals surface area contributed by atoms with Crippen LogP contribution in [-0.4, -0.2) is 56.0 Å². The normalized spacial score (nSPS) is 12.3. The van der Waals surface area contributed by atoms with Crippen LogP contribution in [0.1, 0.15) is 11.4 Å².